The fraction of sp³-hybridized carbons (Fsp3) is 0.375. The maximum atomic E-state index is 12.4. The minimum Gasteiger partial charge on any atom is -0.506 e. The van der Waals surface area contributed by atoms with Crippen LogP contribution in [0.15, 0.2) is 23.0 Å². The highest BCUT2D eigenvalue weighted by atomic mass is 127. The van der Waals surface area contributed by atoms with E-state index in [2.05, 4.69) is 22.6 Å². The highest BCUT2D eigenvalue weighted by Crippen LogP contribution is 2.30. The Kier molecular flexibility index (Phi) is 4.15. The van der Waals surface area contributed by atoms with E-state index in [0.29, 0.717) is 10.9 Å². The van der Waals surface area contributed by atoms with Crippen molar-refractivity contribution in [1.29, 1.82) is 0 Å². The highest BCUT2D eigenvalue weighted by Gasteiger charge is 2.25. The smallest absolute Gasteiger partial charge is 0.265 e. The summed E-state index contributed by atoms with van der Waals surface area (Å²) in [6.07, 6.45) is 0.214. The molecule has 0 saturated carbocycles. The lowest BCUT2D eigenvalue weighted by atomic mass is 9.87. The summed E-state index contributed by atoms with van der Waals surface area (Å²) in [5, 5.41) is 10.9. The number of nitrogens with zero attached hydrogens (tertiary/aromatic N) is 1. The summed E-state index contributed by atoms with van der Waals surface area (Å²) in [5.41, 5.74) is -0.183. The van der Waals surface area contributed by atoms with Crippen molar-refractivity contribution in [3.63, 3.8) is 0 Å². The van der Waals surface area contributed by atoms with Crippen LogP contribution in [-0.2, 0) is 7.05 Å². The van der Waals surface area contributed by atoms with E-state index in [1.807, 2.05) is 26.8 Å². The molecule has 0 radical (unpaired) electrons. The van der Waals surface area contributed by atoms with Gasteiger partial charge in [-0.1, -0.05) is 20.8 Å². The summed E-state index contributed by atoms with van der Waals surface area (Å²) in [4.78, 5) is 24.8. The first-order valence-electron chi connectivity index (χ1n) is 6.66. The number of Topliss-reactive ketones (excluding diaryl/α,β-unsaturated/α-hetero) is 1. The van der Waals surface area contributed by atoms with Crippen molar-refractivity contribution in [1.82, 2.24) is 4.57 Å². The van der Waals surface area contributed by atoms with E-state index < -0.39 is 5.56 Å². The molecule has 1 aromatic carbocycles. The number of ketones is 1. The molecule has 0 fully saturated rings. The van der Waals surface area contributed by atoms with Crippen LogP contribution in [0.1, 0.15) is 37.6 Å². The van der Waals surface area contributed by atoms with Crippen molar-refractivity contribution in [3.8, 4) is 5.75 Å². The van der Waals surface area contributed by atoms with Gasteiger partial charge in [-0.25, -0.2) is 0 Å². The summed E-state index contributed by atoms with van der Waals surface area (Å²) in [6.45, 7) is 5.78. The van der Waals surface area contributed by atoms with Crippen molar-refractivity contribution in [2.75, 3.05) is 0 Å². The lowest BCUT2D eigenvalue weighted by Gasteiger charge is -2.18. The predicted molar refractivity (Wildman–Crippen MR) is 92.0 cm³/mol. The van der Waals surface area contributed by atoms with E-state index in [-0.39, 0.29) is 28.9 Å². The van der Waals surface area contributed by atoms with Crippen LogP contribution in [-0.4, -0.2) is 15.5 Å². The normalized spacial score (nSPS) is 11.9. The fourth-order valence-corrected chi connectivity index (χ4v) is 2.82. The molecule has 0 aliphatic carbocycles. The molecule has 0 aliphatic rings. The number of pyridine rings is 1. The Hall–Kier alpha value is -1.37. The van der Waals surface area contributed by atoms with Gasteiger partial charge in [0.15, 0.2) is 5.78 Å². The molecule has 5 heteroatoms. The maximum Gasteiger partial charge on any atom is 0.265 e. The Morgan fingerprint density at radius 2 is 1.95 bits per heavy atom. The second-order valence-corrected chi connectivity index (χ2v) is 7.66. The van der Waals surface area contributed by atoms with E-state index in [9.17, 15) is 14.7 Å². The molecular formula is C16H18INO3. The fourth-order valence-electron chi connectivity index (χ4n) is 2.32. The highest BCUT2D eigenvalue weighted by molar-refractivity contribution is 14.1. The van der Waals surface area contributed by atoms with Gasteiger partial charge in [0.1, 0.15) is 11.3 Å². The molecule has 1 heterocycles. The summed E-state index contributed by atoms with van der Waals surface area (Å²) >= 11 is 2.13. The number of hydrogen-bond donors (Lipinski definition) is 1. The van der Waals surface area contributed by atoms with E-state index in [1.54, 1.807) is 19.2 Å². The molecule has 1 aromatic heterocycles. The van der Waals surface area contributed by atoms with Crippen LogP contribution in [0.4, 0.5) is 0 Å². The largest absolute Gasteiger partial charge is 0.506 e. The van der Waals surface area contributed by atoms with Gasteiger partial charge < -0.3 is 9.67 Å². The average molecular weight is 399 g/mol. The van der Waals surface area contributed by atoms with Crippen LogP contribution in [0.3, 0.4) is 0 Å². The summed E-state index contributed by atoms with van der Waals surface area (Å²) < 4.78 is 2.35. The van der Waals surface area contributed by atoms with E-state index >= 15 is 0 Å². The molecule has 21 heavy (non-hydrogen) atoms. The SMILES string of the molecule is Cn1c(=O)c(C(=O)CC(C)(C)C)c(O)c2cc(I)ccc21. The molecule has 1 N–H and O–H groups in total. The Bertz CT molecular complexity index is 785. The van der Waals surface area contributed by atoms with Crippen molar-refractivity contribution >= 4 is 39.3 Å². The molecular weight excluding hydrogens is 381 g/mol. The third kappa shape index (κ3) is 3.12. The third-order valence-corrected chi connectivity index (χ3v) is 3.97. The van der Waals surface area contributed by atoms with Gasteiger partial charge in [-0.05, 0) is 46.2 Å². The molecule has 0 aliphatic heterocycles. The number of benzene rings is 1. The van der Waals surface area contributed by atoms with Crippen LogP contribution in [0.25, 0.3) is 10.9 Å². The molecule has 0 amide bonds. The average Bonchev–Trinajstić information content (AvgIpc) is 2.34. The quantitative estimate of drug-likeness (QED) is 0.622. The second-order valence-electron chi connectivity index (χ2n) is 6.41. The molecule has 0 unspecified atom stereocenters. The van der Waals surface area contributed by atoms with E-state index in [0.717, 1.165) is 3.57 Å². The zero-order chi connectivity index (χ0) is 15.9. The molecule has 2 aromatic rings. The number of aryl methyl sites for hydroxylation is 1. The van der Waals surface area contributed by atoms with Crippen LogP contribution in [0.5, 0.6) is 5.75 Å². The first-order valence-corrected chi connectivity index (χ1v) is 7.74. The molecule has 0 spiro atoms. The number of hydrogen-bond acceptors (Lipinski definition) is 3. The molecule has 0 bridgehead atoms. The molecule has 112 valence electrons. The number of carbonyl (C=O) groups is 1. The topological polar surface area (TPSA) is 59.3 Å². The van der Waals surface area contributed by atoms with Crippen LogP contribution in [0.2, 0.25) is 0 Å². The van der Waals surface area contributed by atoms with Crippen molar-refractivity contribution in [2.24, 2.45) is 12.5 Å². The lowest BCUT2D eigenvalue weighted by Crippen LogP contribution is -2.27. The molecule has 0 saturated heterocycles. The number of halogens is 1. The van der Waals surface area contributed by atoms with Gasteiger partial charge in [0.05, 0.1) is 5.52 Å². The molecule has 2 rings (SSSR count). The minimum atomic E-state index is -0.449. The zero-order valence-electron chi connectivity index (χ0n) is 12.5. The van der Waals surface area contributed by atoms with Gasteiger partial charge in [-0.15, -0.1) is 0 Å². The van der Waals surface area contributed by atoms with Crippen LogP contribution >= 0.6 is 22.6 Å². The van der Waals surface area contributed by atoms with Gasteiger partial charge in [0.25, 0.3) is 5.56 Å². The Morgan fingerprint density at radius 3 is 2.52 bits per heavy atom. The Labute approximate surface area is 136 Å². The predicted octanol–water partition coefficient (Wildman–Crippen LogP) is 3.47. The number of carbonyl (C=O) groups excluding carboxylic acids is 1. The monoisotopic (exact) mass is 399 g/mol. The van der Waals surface area contributed by atoms with E-state index in [1.165, 1.54) is 4.57 Å². The number of fused-ring (bicyclic) bond motifs is 1. The first kappa shape index (κ1) is 16.0. The van der Waals surface area contributed by atoms with Gasteiger partial charge in [-0.2, -0.15) is 0 Å². The van der Waals surface area contributed by atoms with Gasteiger partial charge in [-0.3, -0.25) is 9.59 Å². The zero-order valence-corrected chi connectivity index (χ0v) is 14.7. The van der Waals surface area contributed by atoms with Crippen molar-refractivity contribution < 1.29 is 9.90 Å². The number of aromatic hydroxyl groups is 1. The minimum absolute atomic E-state index is 0.109. The van der Waals surface area contributed by atoms with Crippen LogP contribution in [0, 0.1) is 8.99 Å². The van der Waals surface area contributed by atoms with Gasteiger partial charge in [0.2, 0.25) is 0 Å². The molecule has 4 nitrogen and oxygen atoms in total. The standard InChI is InChI=1S/C16H18INO3/c1-16(2,3)8-12(19)13-14(20)10-7-9(17)5-6-11(10)18(4)15(13)21/h5-7,20H,8H2,1-4H3. The summed E-state index contributed by atoms with van der Waals surface area (Å²) in [6, 6.07) is 5.41. The van der Waals surface area contributed by atoms with E-state index in [4.69, 9.17) is 0 Å². The van der Waals surface area contributed by atoms with Crippen molar-refractivity contribution in [3.05, 3.63) is 37.7 Å². The lowest BCUT2D eigenvalue weighted by molar-refractivity contribution is 0.0935. The number of rotatable bonds is 2. The van der Waals surface area contributed by atoms with Gasteiger partial charge in [0, 0.05) is 22.4 Å². The Balaban J connectivity index is 2.75. The summed E-state index contributed by atoms with van der Waals surface area (Å²) in [5.74, 6) is -0.526. The van der Waals surface area contributed by atoms with Crippen molar-refractivity contribution in [2.45, 2.75) is 27.2 Å². The van der Waals surface area contributed by atoms with Crippen LogP contribution < -0.4 is 5.56 Å². The number of aromatic nitrogens is 1. The third-order valence-electron chi connectivity index (χ3n) is 3.30. The summed E-state index contributed by atoms with van der Waals surface area (Å²) in [7, 11) is 1.62. The second kappa shape index (κ2) is 5.44. The Morgan fingerprint density at radius 1 is 1.33 bits per heavy atom. The van der Waals surface area contributed by atoms with Gasteiger partial charge >= 0.3 is 0 Å². The first-order chi connectivity index (χ1) is 9.61. The molecule has 0 atom stereocenters. The maximum absolute atomic E-state index is 12.4.